The summed E-state index contributed by atoms with van der Waals surface area (Å²) in [4.78, 5) is 11.7. The predicted molar refractivity (Wildman–Crippen MR) is 71.0 cm³/mol. The van der Waals surface area contributed by atoms with Gasteiger partial charge < -0.3 is 15.8 Å². The highest BCUT2D eigenvalue weighted by Crippen LogP contribution is 2.17. The monoisotopic (exact) mass is 252 g/mol. The fourth-order valence-electron chi connectivity index (χ4n) is 1.43. The second-order valence-corrected chi connectivity index (χ2v) is 4.23. The van der Waals surface area contributed by atoms with E-state index in [0.717, 1.165) is 11.3 Å². The van der Waals surface area contributed by atoms with Crippen molar-refractivity contribution in [2.45, 2.75) is 19.4 Å². The molecule has 0 saturated carbocycles. The maximum absolute atomic E-state index is 11.5. The van der Waals surface area contributed by atoms with Gasteiger partial charge in [-0.3, -0.25) is 4.79 Å². The second kappa shape index (κ2) is 6.20. The molecule has 92 valence electrons. The zero-order chi connectivity index (χ0) is 12.8. The zero-order valence-corrected chi connectivity index (χ0v) is 10.7. The molecule has 5 heteroatoms. The van der Waals surface area contributed by atoms with Crippen LogP contribution in [0.25, 0.3) is 0 Å². The molecule has 1 unspecified atom stereocenters. The molecule has 0 aliphatic rings. The van der Waals surface area contributed by atoms with Crippen molar-refractivity contribution in [2.75, 3.05) is 7.11 Å². The molecule has 0 aliphatic heterocycles. The van der Waals surface area contributed by atoms with Gasteiger partial charge in [0, 0.05) is 0 Å². The van der Waals surface area contributed by atoms with Gasteiger partial charge in [-0.15, -0.1) is 0 Å². The summed E-state index contributed by atoms with van der Waals surface area (Å²) in [5.74, 6) is 0.622. The van der Waals surface area contributed by atoms with Gasteiger partial charge in [0.25, 0.3) is 0 Å². The molecule has 0 fully saturated rings. The highest BCUT2D eigenvalue weighted by molar-refractivity contribution is 7.80. The van der Waals surface area contributed by atoms with Gasteiger partial charge in [-0.2, -0.15) is 0 Å². The Balaban J connectivity index is 2.59. The Morgan fingerprint density at radius 1 is 1.47 bits per heavy atom. The van der Waals surface area contributed by atoms with E-state index in [9.17, 15) is 4.79 Å². The van der Waals surface area contributed by atoms with Crippen molar-refractivity contribution in [2.24, 2.45) is 5.73 Å². The summed E-state index contributed by atoms with van der Waals surface area (Å²) in [6, 6.07) is 7.44. The van der Waals surface area contributed by atoms with Crippen LogP contribution in [0.15, 0.2) is 24.3 Å². The van der Waals surface area contributed by atoms with E-state index >= 15 is 0 Å². The number of benzene rings is 1. The van der Waals surface area contributed by atoms with Gasteiger partial charge in [0.05, 0.1) is 24.6 Å². The molecule has 0 spiro atoms. The fraction of sp³-hybridized carbons (Fsp3) is 0.333. The van der Waals surface area contributed by atoms with E-state index in [1.54, 1.807) is 7.11 Å². The lowest BCUT2D eigenvalue weighted by Gasteiger charge is -2.14. The van der Waals surface area contributed by atoms with Gasteiger partial charge in [0.2, 0.25) is 5.91 Å². The molecule has 0 aliphatic carbocycles. The van der Waals surface area contributed by atoms with E-state index in [1.807, 2.05) is 31.2 Å². The van der Waals surface area contributed by atoms with Crippen LogP contribution >= 0.6 is 12.2 Å². The molecule has 1 aromatic rings. The van der Waals surface area contributed by atoms with Gasteiger partial charge >= 0.3 is 0 Å². The number of methoxy groups -OCH3 is 1. The summed E-state index contributed by atoms with van der Waals surface area (Å²) in [7, 11) is 1.61. The van der Waals surface area contributed by atoms with E-state index < -0.39 is 0 Å². The fourth-order valence-corrected chi connectivity index (χ4v) is 1.56. The molecular formula is C12H16N2O2S. The average Bonchev–Trinajstić information content (AvgIpc) is 2.28. The Labute approximate surface area is 106 Å². The molecule has 1 atom stereocenters. The lowest BCUT2D eigenvalue weighted by atomic mass is 10.1. The van der Waals surface area contributed by atoms with Gasteiger partial charge in [0.15, 0.2) is 0 Å². The van der Waals surface area contributed by atoms with Gasteiger partial charge in [-0.1, -0.05) is 24.4 Å². The number of hydrogen-bond acceptors (Lipinski definition) is 3. The smallest absolute Gasteiger partial charge is 0.227 e. The van der Waals surface area contributed by atoms with Crippen LogP contribution in [0, 0.1) is 0 Å². The number of nitrogens with one attached hydrogen (secondary N) is 1. The number of carbonyl (C=O) groups is 1. The van der Waals surface area contributed by atoms with E-state index in [1.165, 1.54) is 0 Å². The first kappa shape index (κ1) is 13.4. The number of carbonyl (C=O) groups excluding carboxylic acids is 1. The molecule has 0 aromatic heterocycles. The molecule has 17 heavy (non-hydrogen) atoms. The molecular weight excluding hydrogens is 236 g/mol. The third-order valence-corrected chi connectivity index (χ3v) is 2.47. The van der Waals surface area contributed by atoms with Crippen LogP contribution in [0.1, 0.15) is 24.9 Å². The Kier molecular flexibility index (Phi) is 4.90. The summed E-state index contributed by atoms with van der Waals surface area (Å²) >= 11 is 4.67. The summed E-state index contributed by atoms with van der Waals surface area (Å²) in [6.45, 7) is 1.90. The summed E-state index contributed by atoms with van der Waals surface area (Å²) in [6.07, 6.45) is 0.0792. The van der Waals surface area contributed by atoms with Crippen molar-refractivity contribution >= 4 is 23.1 Å². The molecule has 0 saturated heterocycles. The number of amides is 1. The van der Waals surface area contributed by atoms with Crippen molar-refractivity contribution in [3.8, 4) is 5.75 Å². The number of nitrogens with two attached hydrogens (primary N) is 1. The quantitative estimate of drug-likeness (QED) is 0.780. The minimum absolute atomic E-state index is 0.0792. The van der Waals surface area contributed by atoms with E-state index in [-0.39, 0.29) is 23.4 Å². The molecule has 4 nitrogen and oxygen atoms in total. The van der Waals surface area contributed by atoms with E-state index in [0.29, 0.717) is 0 Å². The number of ether oxygens (including phenoxy) is 1. The standard InChI is InChI=1S/C12H16N2O2S/c1-8(14-12(15)7-11(13)17)9-3-5-10(16-2)6-4-9/h3-6,8H,7H2,1-2H3,(H2,13,17)(H,14,15). The molecule has 0 radical (unpaired) electrons. The lowest BCUT2D eigenvalue weighted by Crippen LogP contribution is -2.29. The minimum atomic E-state index is -0.166. The number of rotatable bonds is 5. The van der Waals surface area contributed by atoms with E-state index in [2.05, 4.69) is 17.5 Å². The van der Waals surface area contributed by atoms with Crippen LogP contribution in [0.3, 0.4) is 0 Å². The van der Waals surface area contributed by atoms with Crippen LogP contribution in [-0.4, -0.2) is 18.0 Å². The van der Waals surface area contributed by atoms with Crippen LogP contribution in [0.4, 0.5) is 0 Å². The van der Waals surface area contributed by atoms with E-state index in [4.69, 9.17) is 10.5 Å². The topological polar surface area (TPSA) is 64.3 Å². The van der Waals surface area contributed by atoms with Crippen LogP contribution in [0.5, 0.6) is 5.75 Å². The highest BCUT2D eigenvalue weighted by Gasteiger charge is 2.10. The first-order valence-corrected chi connectivity index (χ1v) is 5.65. The Morgan fingerprint density at radius 2 is 2.06 bits per heavy atom. The molecule has 1 rings (SSSR count). The molecule has 0 heterocycles. The largest absolute Gasteiger partial charge is 0.497 e. The van der Waals surface area contributed by atoms with Crippen LogP contribution < -0.4 is 15.8 Å². The minimum Gasteiger partial charge on any atom is -0.497 e. The first-order chi connectivity index (χ1) is 8.02. The SMILES string of the molecule is COc1ccc(C(C)NC(=O)CC(N)=S)cc1. The Morgan fingerprint density at radius 3 is 2.53 bits per heavy atom. The van der Waals surface area contributed by atoms with Crippen molar-refractivity contribution in [1.29, 1.82) is 0 Å². The zero-order valence-electron chi connectivity index (χ0n) is 9.90. The maximum Gasteiger partial charge on any atom is 0.227 e. The summed E-state index contributed by atoms with van der Waals surface area (Å²) < 4.78 is 5.06. The normalized spacial score (nSPS) is 11.6. The van der Waals surface area contributed by atoms with Crippen molar-refractivity contribution in [3.63, 3.8) is 0 Å². The summed E-state index contributed by atoms with van der Waals surface area (Å²) in [5, 5.41) is 2.82. The first-order valence-electron chi connectivity index (χ1n) is 5.24. The van der Waals surface area contributed by atoms with Crippen molar-refractivity contribution < 1.29 is 9.53 Å². The number of hydrogen-bond donors (Lipinski definition) is 2. The van der Waals surface area contributed by atoms with Gasteiger partial charge in [-0.25, -0.2) is 0 Å². The van der Waals surface area contributed by atoms with Crippen LogP contribution in [-0.2, 0) is 4.79 Å². The third-order valence-electron chi connectivity index (χ3n) is 2.33. The van der Waals surface area contributed by atoms with Crippen molar-refractivity contribution in [3.05, 3.63) is 29.8 Å². The Hall–Kier alpha value is -1.62. The van der Waals surface area contributed by atoms with Gasteiger partial charge in [0.1, 0.15) is 5.75 Å². The molecule has 1 aromatic carbocycles. The second-order valence-electron chi connectivity index (χ2n) is 3.71. The average molecular weight is 252 g/mol. The predicted octanol–water partition coefficient (Wildman–Crippen LogP) is 1.55. The van der Waals surface area contributed by atoms with Crippen LogP contribution in [0.2, 0.25) is 0 Å². The summed E-state index contributed by atoms with van der Waals surface area (Å²) in [5.41, 5.74) is 6.30. The molecule has 0 bridgehead atoms. The maximum atomic E-state index is 11.5. The lowest BCUT2D eigenvalue weighted by molar-refractivity contribution is -0.120. The van der Waals surface area contributed by atoms with Gasteiger partial charge in [-0.05, 0) is 24.6 Å². The van der Waals surface area contributed by atoms with Crippen molar-refractivity contribution in [1.82, 2.24) is 5.32 Å². The number of thiocarbonyl (C=S) groups is 1. The third kappa shape index (κ3) is 4.40. The molecule has 3 N–H and O–H groups in total. The molecule has 1 amide bonds. The highest BCUT2D eigenvalue weighted by atomic mass is 32.1. The Bertz CT molecular complexity index is 403.